The van der Waals surface area contributed by atoms with Crippen LogP contribution < -0.4 is 0 Å². The minimum atomic E-state index is -0.307. The number of halogens is 1. The van der Waals surface area contributed by atoms with E-state index in [2.05, 4.69) is 16.8 Å². The Morgan fingerprint density at radius 3 is 2.58 bits per heavy atom. The number of amides is 1. The van der Waals surface area contributed by atoms with E-state index in [1.54, 1.807) is 30.3 Å². The minimum Gasteiger partial charge on any atom is -0.267 e. The highest BCUT2D eigenvalue weighted by Gasteiger charge is 2.14. The summed E-state index contributed by atoms with van der Waals surface area (Å²) in [5.74, 6) is 5.30. The Labute approximate surface area is 109 Å². The van der Waals surface area contributed by atoms with E-state index in [9.17, 15) is 9.18 Å². The van der Waals surface area contributed by atoms with E-state index >= 15 is 0 Å². The first-order chi connectivity index (χ1) is 9.22. The molecule has 1 amide bonds. The Bertz CT molecular complexity index is 766. The molecule has 2 nitrogen and oxygen atoms in total. The average molecular weight is 249 g/mol. The van der Waals surface area contributed by atoms with Crippen LogP contribution in [-0.4, -0.2) is 12.1 Å². The molecule has 19 heavy (non-hydrogen) atoms. The van der Waals surface area contributed by atoms with Crippen molar-refractivity contribution in [1.29, 1.82) is 0 Å². The second kappa shape index (κ2) is 4.51. The zero-order valence-corrected chi connectivity index (χ0v) is 9.85. The van der Waals surface area contributed by atoms with Crippen LogP contribution in [0.5, 0.6) is 0 Å². The molecule has 0 bridgehead atoms. The molecule has 0 radical (unpaired) electrons. The van der Waals surface area contributed by atoms with Gasteiger partial charge in [-0.2, -0.15) is 0 Å². The van der Waals surface area contributed by atoms with Crippen molar-refractivity contribution < 1.29 is 9.18 Å². The lowest BCUT2D eigenvalue weighted by atomic mass is 10.1. The van der Waals surface area contributed by atoms with Crippen molar-refractivity contribution in [3.8, 4) is 11.8 Å². The Morgan fingerprint density at radius 2 is 1.79 bits per heavy atom. The second-order valence-electron chi connectivity index (χ2n) is 4.13. The van der Waals surface area contributed by atoms with Gasteiger partial charge in [0.05, 0.1) is 5.56 Å². The van der Waals surface area contributed by atoms with E-state index < -0.39 is 0 Å². The third-order valence-corrected chi connectivity index (χ3v) is 2.78. The lowest BCUT2D eigenvalue weighted by Gasteiger charge is -1.96. The monoisotopic (exact) mass is 249 g/mol. The lowest BCUT2D eigenvalue weighted by molar-refractivity contribution is 0.101. The molecule has 2 aromatic rings. The van der Waals surface area contributed by atoms with Crippen molar-refractivity contribution in [2.24, 2.45) is 4.99 Å². The van der Waals surface area contributed by atoms with Crippen molar-refractivity contribution in [2.45, 2.75) is 0 Å². The van der Waals surface area contributed by atoms with Crippen LogP contribution in [0.3, 0.4) is 0 Å². The molecule has 90 valence electrons. The molecule has 1 aliphatic heterocycles. The molecule has 0 saturated heterocycles. The third-order valence-electron chi connectivity index (χ3n) is 2.78. The van der Waals surface area contributed by atoms with Gasteiger partial charge in [-0.05, 0) is 36.4 Å². The Balaban J connectivity index is 1.93. The van der Waals surface area contributed by atoms with Crippen LogP contribution in [0.4, 0.5) is 4.39 Å². The summed E-state index contributed by atoms with van der Waals surface area (Å²) in [4.78, 5) is 15.0. The fourth-order valence-electron chi connectivity index (χ4n) is 1.85. The van der Waals surface area contributed by atoms with Gasteiger partial charge in [-0.3, -0.25) is 4.79 Å². The van der Waals surface area contributed by atoms with Crippen molar-refractivity contribution in [3.05, 3.63) is 70.5 Å². The van der Waals surface area contributed by atoms with Gasteiger partial charge in [0.25, 0.3) is 5.91 Å². The predicted molar refractivity (Wildman–Crippen MR) is 70.7 cm³/mol. The van der Waals surface area contributed by atoms with E-state index in [0.717, 1.165) is 11.1 Å². The molecular formula is C16H8FNO. The molecular weight excluding hydrogens is 241 g/mol. The average Bonchev–Trinajstić information content (AvgIpc) is 2.78. The van der Waals surface area contributed by atoms with Crippen molar-refractivity contribution in [1.82, 2.24) is 0 Å². The number of benzene rings is 2. The van der Waals surface area contributed by atoms with Crippen LogP contribution in [0.2, 0.25) is 0 Å². The van der Waals surface area contributed by atoms with Gasteiger partial charge in [0.1, 0.15) is 5.82 Å². The molecule has 1 heterocycles. The molecule has 3 heteroatoms. The van der Waals surface area contributed by atoms with Crippen molar-refractivity contribution >= 4 is 12.1 Å². The van der Waals surface area contributed by atoms with E-state index in [-0.39, 0.29) is 11.7 Å². The van der Waals surface area contributed by atoms with E-state index in [4.69, 9.17) is 0 Å². The van der Waals surface area contributed by atoms with E-state index in [1.165, 1.54) is 18.3 Å². The normalized spacial score (nSPS) is 11.9. The van der Waals surface area contributed by atoms with Gasteiger partial charge in [0, 0.05) is 22.9 Å². The lowest BCUT2D eigenvalue weighted by Crippen LogP contribution is -1.91. The predicted octanol–water partition coefficient (Wildman–Crippen LogP) is 2.80. The summed E-state index contributed by atoms with van der Waals surface area (Å²) in [6.45, 7) is 0. The fourth-order valence-corrected chi connectivity index (χ4v) is 1.85. The van der Waals surface area contributed by atoms with Gasteiger partial charge >= 0.3 is 0 Å². The standard InChI is InChI=1S/C16H8FNO/c17-14-3-1-2-11(9-14)4-5-12-6-7-15-13(8-12)10-18-16(15)19/h1-3,6-10H. The summed E-state index contributed by atoms with van der Waals surface area (Å²) in [6, 6.07) is 11.4. The molecule has 0 fully saturated rings. The summed E-state index contributed by atoms with van der Waals surface area (Å²) in [7, 11) is 0. The second-order valence-corrected chi connectivity index (χ2v) is 4.13. The van der Waals surface area contributed by atoms with Gasteiger partial charge in [0.15, 0.2) is 0 Å². The Hall–Kier alpha value is -2.73. The number of rotatable bonds is 0. The molecule has 3 rings (SSSR count). The molecule has 0 unspecified atom stereocenters. The van der Waals surface area contributed by atoms with Gasteiger partial charge in [-0.1, -0.05) is 17.9 Å². The number of carbonyl (C=O) groups excluding carboxylic acids is 1. The number of hydrogen-bond acceptors (Lipinski definition) is 1. The summed E-state index contributed by atoms with van der Waals surface area (Å²) >= 11 is 0. The number of carbonyl (C=O) groups is 1. The first kappa shape index (κ1) is 11.4. The maximum absolute atomic E-state index is 13.0. The first-order valence-corrected chi connectivity index (χ1v) is 5.72. The Kier molecular flexibility index (Phi) is 2.70. The zero-order valence-electron chi connectivity index (χ0n) is 9.85. The summed E-state index contributed by atoms with van der Waals surface area (Å²) in [5.41, 5.74) is 2.75. The van der Waals surface area contributed by atoms with Crippen molar-refractivity contribution in [3.63, 3.8) is 0 Å². The zero-order chi connectivity index (χ0) is 13.2. The summed E-state index contributed by atoms with van der Waals surface area (Å²) in [6.07, 6.45) is 1.53. The highest BCUT2D eigenvalue weighted by atomic mass is 19.1. The molecule has 0 atom stereocenters. The molecule has 2 aromatic carbocycles. The van der Waals surface area contributed by atoms with Crippen LogP contribution in [-0.2, 0) is 0 Å². The molecule has 0 saturated carbocycles. The minimum absolute atomic E-state index is 0.223. The molecule has 0 N–H and O–H groups in total. The van der Waals surface area contributed by atoms with Crippen molar-refractivity contribution in [2.75, 3.05) is 0 Å². The van der Waals surface area contributed by atoms with Gasteiger partial charge in [-0.25, -0.2) is 9.38 Å². The maximum Gasteiger partial charge on any atom is 0.277 e. The van der Waals surface area contributed by atoms with Gasteiger partial charge in [-0.15, -0.1) is 0 Å². The smallest absolute Gasteiger partial charge is 0.267 e. The van der Waals surface area contributed by atoms with E-state index in [0.29, 0.717) is 11.1 Å². The van der Waals surface area contributed by atoms with Crippen LogP contribution in [0.1, 0.15) is 27.0 Å². The highest BCUT2D eigenvalue weighted by Crippen LogP contribution is 2.16. The number of hydrogen-bond donors (Lipinski definition) is 0. The number of nitrogens with zero attached hydrogens (tertiary/aromatic N) is 1. The molecule has 0 aromatic heterocycles. The quantitative estimate of drug-likeness (QED) is 0.660. The number of aliphatic imine (C=N–C) groups is 1. The van der Waals surface area contributed by atoms with Crippen LogP contribution >= 0.6 is 0 Å². The van der Waals surface area contributed by atoms with Gasteiger partial charge in [0.2, 0.25) is 0 Å². The first-order valence-electron chi connectivity index (χ1n) is 5.72. The van der Waals surface area contributed by atoms with E-state index in [1.807, 2.05) is 0 Å². The summed E-state index contributed by atoms with van der Waals surface area (Å²) < 4.78 is 13.0. The third kappa shape index (κ3) is 2.29. The van der Waals surface area contributed by atoms with Gasteiger partial charge < -0.3 is 0 Å². The van der Waals surface area contributed by atoms with Crippen LogP contribution in [0.25, 0.3) is 0 Å². The SMILES string of the molecule is O=C1N=Cc2cc(C#Cc3cccc(F)c3)ccc21. The molecule has 0 aliphatic carbocycles. The largest absolute Gasteiger partial charge is 0.277 e. The maximum atomic E-state index is 13.0. The number of fused-ring (bicyclic) bond motifs is 1. The highest BCUT2D eigenvalue weighted by molar-refractivity contribution is 6.13. The van der Waals surface area contributed by atoms with Crippen LogP contribution in [0.15, 0.2) is 47.5 Å². The molecule has 1 aliphatic rings. The molecule has 0 spiro atoms. The topological polar surface area (TPSA) is 29.4 Å². The van der Waals surface area contributed by atoms with Crippen LogP contribution in [0, 0.1) is 17.7 Å². The summed E-state index contributed by atoms with van der Waals surface area (Å²) in [5, 5.41) is 0. The Morgan fingerprint density at radius 1 is 1.00 bits per heavy atom. The fraction of sp³-hybridized carbons (Fsp3) is 0.